The molecule has 0 unspecified atom stereocenters. The standard InChI is InChI=1S/C20H18N4OS/c1-25-17-10-6-5-9-16(17)12-14-19-23-24-18(21-22-20(24)26-19)13-11-15-7-3-2-4-8-15/h2-10,12,14H,11,13H2,1H3/b14-12+. The molecule has 2 heterocycles. The van der Waals surface area contributed by atoms with Gasteiger partial charge in [0.1, 0.15) is 10.8 Å². The van der Waals surface area contributed by atoms with Gasteiger partial charge in [0.15, 0.2) is 5.82 Å². The molecule has 0 saturated heterocycles. The molecule has 0 amide bonds. The van der Waals surface area contributed by atoms with Crippen molar-refractivity contribution in [1.82, 2.24) is 19.8 Å². The number of aromatic nitrogens is 4. The lowest BCUT2D eigenvalue weighted by molar-refractivity contribution is 0.414. The highest BCUT2D eigenvalue weighted by Crippen LogP contribution is 2.22. The Morgan fingerprint density at radius 2 is 1.77 bits per heavy atom. The van der Waals surface area contributed by atoms with E-state index in [0.717, 1.165) is 39.9 Å². The van der Waals surface area contributed by atoms with Crippen LogP contribution in [0.2, 0.25) is 0 Å². The van der Waals surface area contributed by atoms with Crippen molar-refractivity contribution in [3.05, 3.63) is 76.6 Å². The molecule has 0 atom stereocenters. The van der Waals surface area contributed by atoms with E-state index in [1.807, 2.05) is 47.0 Å². The van der Waals surface area contributed by atoms with Crippen LogP contribution in [-0.2, 0) is 12.8 Å². The van der Waals surface area contributed by atoms with Gasteiger partial charge in [0.05, 0.1) is 7.11 Å². The molecule has 2 aromatic heterocycles. The SMILES string of the molecule is COc1ccccc1/C=C/c1nn2c(CCc3ccccc3)nnc2s1. The third kappa shape index (κ3) is 3.50. The van der Waals surface area contributed by atoms with Crippen LogP contribution in [0.5, 0.6) is 5.75 Å². The van der Waals surface area contributed by atoms with Gasteiger partial charge in [-0.25, -0.2) is 0 Å². The summed E-state index contributed by atoms with van der Waals surface area (Å²) in [7, 11) is 1.68. The van der Waals surface area contributed by atoms with Crippen LogP contribution in [0.15, 0.2) is 54.6 Å². The summed E-state index contributed by atoms with van der Waals surface area (Å²) < 4.78 is 7.22. The minimum atomic E-state index is 0.810. The second-order valence-electron chi connectivity index (χ2n) is 5.81. The number of rotatable bonds is 6. The number of nitrogens with zero attached hydrogens (tertiary/aromatic N) is 4. The predicted molar refractivity (Wildman–Crippen MR) is 104 cm³/mol. The topological polar surface area (TPSA) is 52.3 Å². The fraction of sp³-hybridized carbons (Fsp3) is 0.150. The number of para-hydroxylation sites is 1. The van der Waals surface area contributed by atoms with Crippen molar-refractivity contribution in [1.29, 1.82) is 0 Å². The van der Waals surface area contributed by atoms with Crippen LogP contribution < -0.4 is 4.74 Å². The quantitative estimate of drug-likeness (QED) is 0.517. The summed E-state index contributed by atoms with van der Waals surface area (Å²) >= 11 is 1.52. The van der Waals surface area contributed by atoms with Crippen molar-refractivity contribution >= 4 is 28.4 Å². The van der Waals surface area contributed by atoms with Gasteiger partial charge in [0, 0.05) is 12.0 Å². The van der Waals surface area contributed by atoms with Gasteiger partial charge in [0.25, 0.3) is 0 Å². The van der Waals surface area contributed by atoms with Crippen LogP contribution in [0, 0.1) is 0 Å². The van der Waals surface area contributed by atoms with Crippen molar-refractivity contribution in [2.45, 2.75) is 12.8 Å². The number of methoxy groups -OCH3 is 1. The highest BCUT2D eigenvalue weighted by atomic mass is 32.1. The zero-order valence-corrected chi connectivity index (χ0v) is 15.2. The summed E-state index contributed by atoms with van der Waals surface area (Å²) in [6, 6.07) is 18.3. The maximum atomic E-state index is 5.37. The lowest BCUT2D eigenvalue weighted by Crippen LogP contribution is -1.99. The Morgan fingerprint density at radius 3 is 2.62 bits per heavy atom. The van der Waals surface area contributed by atoms with Crippen LogP contribution in [0.4, 0.5) is 0 Å². The van der Waals surface area contributed by atoms with Crippen molar-refractivity contribution in [3.63, 3.8) is 0 Å². The van der Waals surface area contributed by atoms with Crippen molar-refractivity contribution < 1.29 is 4.74 Å². The van der Waals surface area contributed by atoms with Gasteiger partial charge in [-0.15, -0.1) is 10.2 Å². The Balaban J connectivity index is 1.53. The molecule has 0 radical (unpaired) electrons. The summed E-state index contributed by atoms with van der Waals surface area (Å²) in [4.78, 5) is 0.813. The summed E-state index contributed by atoms with van der Waals surface area (Å²) in [5.41, 5.74) is 2.31. The molecule has 0 aliphatic heterocycles. The zero-order chi connectivity index (χ0) is 17.8. The van der Waals surface area contributed by atoms with E-state index < -0.39 is 0 Å². The molecular formula is C20H18N4OS. The summed E-state index contributed by atoms with van der Waals surface area (Å²) in [5.74, 6) is 1.73. The first kappa shape index (κ1) is 16.5. The van der Waals surface area contributed by atoms with E-state index in [1.54, 1.807) is 7.11 Å². The summed E-state index contributed by atoms with van der Waals surface area (Å²) in [6.07, 6.45) is 5.72. The number of hydrogen-bond donors (Lipinski definition) is 0. The van der Waals surface area contributed by atoms with Crippen LogP contribution in [0.25, 0.3) is 17.1 Å². The smallest absolute Gasteiger partial charge is 0.234 e. The third-order valence-corrected chi connectivity index (χ3v) is 4.96. The van der Waals surface area contributed by atoms with E-state index in [4.69, 9.17) is 4.74 Å². The number of hydrogen-bond acceptors (Lipinski definition) is 5. The van der Waals surface area contributed by atoms with Gasteiger partial charge in [-0.1, -0.05) is 59.9 Å². The average molecular weight is 362 g/mol. The van der Waals surface area contributed by atoms with Crippen LogP contribution >= 0.6 is 11.3 Å². The molecule has 2 aromatic carbocycles. The normalized spacial score (nSPS) is 11.4. The highest BCUT2D eigenvalue weighted by molar-refractivity contribution is 7.17. The first-order chi connectivity index (χ1) is 12.8. The molecule has 5 nitrogen and oxygen atoms in total. The Bertz CT molecular complexity index is 1040. The molecule has 4 aromatic rings. The van der Waals surface area contributed by atoms with E-state index in [0.29, 0.717) is 0 Å². The lowest BCUT2D eigenvalue weighted by atomic mass is 10.1. The van der Waals surface area contributed by atoms with Gasteiger partial charge < -0.3 is 4.74 Å². The number of fused-ring (bicyclic) bond motifs is 1. The molecule has 0 fully saturated rings. The Hall–Kier alpha value is -2.99. The number of ether oxygens (including phenoxy) is 1. The Labute approximate surface area is 155 Å². The van der Waals surface area contributed by atoms with Gasteiger partial charge in [-0.3, -0.25) is 0 Å². The first-order valence-corrected chi connectivity index (χ1v) is 9.21. The zero-order valence-electron chi connectivity index (χ0n) is 14.4. The average Bonchev–Trinajstić information content (AvgIpc) is 3.26. The third-order valence-electron chi connectivity index (χ3n) is 4.10. The fourth-order valence-corrected chi connectivity index (χ4v) is 3.52. The minimum Gasteiger partial charge on any atom is -0.496 e. The van der Waals surface area contributed by atoms with E-state index in [-0.39, 0.29) is 0 Å². The highest BCUT2D eigenvalue weighted by Gasteiger charge is 2.10. The second kappa shape index (κ2) is 7.49. The molecule has 0 N–H and O–H groups in total. The van der Waals surface area contributed by atoms with Crippen molar-refractivity contribution in [2.75, 3.05) is 7.11 Å². The molecule has 26 heavy (non-hydrogen) atoms. The maximum absolute atomic E-state index is 5.37. The van der Waals surface area contributed by atoms with Crippen molar-refractivity contribution in [2.24, 2.45) is 0 Å². The number of aryl methyl sites for hydroxylation is 2. The molecule has 0 saturated carbocycles. The summed E-state index contributed by atoms with van der Waals surface area (Å²) in [6.45, 7) is 0. The van der Waals surface area contributed by atoms with E-state index >= 15 is 0 Å². The minimum absolute atomic E-state index is 0.810. The first-order valence-electron chi connectivity index (χ1n) is 8.39. The van der Waals surface area contributed by atoms with Crippen molar-refractivity contribution in [3.8, 4) is 5.75 Å². The Morgan fingerprint density at radius 1 is 0.962 bits per heavy atom. The van der Waals surface area contributed by atoms with Crippen LogP contribution in [0.1, 0.15) is 22.0 Å². The summed E-state index contributed by atoms with van der Waals surface area (Å²) in [5, 5.41) is 14.1. The van der Waals surface area contributed by atoms with Crippen LogP contribution in [0.3, 0.4) is 0 Å². The van der Waals surface area contributed by atoms with Gasteiger partial charge in [-0.2, -0.15) is 9.61 Å². The monoisotopic (exact) mass is 362 g/mol. The van der Waals surface area contributed by atoms with Gasteiger partial charge in [0.2, 0.25) is 4.96 Å². The van der Waals surface area contributed by atoms with E-state index in [2.05, 4.69) is 39.6 Å². The van der Waals surface area contributed by atoms with E-state index in [1.165, 1.54) is 16.9 Å². The second-order valence-corrected chi connectivity index (χ2v) is 6.80. The van der Waals surface area contributed by atoms with E-state index in [9.17, 15) is 0 Å². The lowest BCUT2D eigenvalue weighted by Gasteiger charge is -2.02. The molecular weight excluding hydrogens is 344 g/mol. The van der Waals surface area contributed by atoms with Gasteiger partial charge in [-0.05, 0) is 30.2 Å². The molecule has 4 rings (SSSR count). The Kier molecular flexibility index (Phi) is 4.75. The van der Waals surface area contributed by atoms with Crippen LogP contribution in [-0.4, -0.2) is 26.9 Å². The van der Waals surface area contributed by atoms with Gasteiger partial charge >= 0.3 is 0 Å². The molecule has 0 aliphatic carbocycles. The number of benzene rings is 2. The predicted octanol–water partition coefficient (Wildman–Crippen LogP) is 4.15. The molecule has 0 bridgehead atoms. The molecule has 0 aliphatic rings. The largest absolute Gasteiger partial charge is 0.496 e. The fourth-order valence-electron chi connectivity index (χ4n) is 2.76. The maximum Gasteiger partial charge on any atom is 0.234 e. The molecule has 130 valence electrons. The molecule has 0 spiro atoms. The molecule has 6 heteroatoms.